The Hall–Kier alpha value is -3.41. The smallest absolute Gasteiger partial charge is 0.271 e. The summed E-state index contributed by atoms with van der Waals surface area (Å²) in [6, 6.07) is 10.3. The summed E-state index contributed by atoms with van der Waals surface area (Å²) in [5.74, 6) is -0.335. The number of allylic oxidation sites excluding steroid dienone is 1. The quantitative estimate of drug-likeness (QED) is 0.176. The molecule has 3 aromatic rings. The number of nitro groups is 1. The lowest BCUT2D eigenvalue weighted by atomic mass is 10.2. The molecule has 0 fully saturated rings. The number of rotatable bonds is 10. The van der Waals surface area contributed by atoms with Crippen LogP contribution in [0.25, 0.3) is 0 Å². The highest BCUT2D eigenvalue weighted by Gasteiger charge is 2.16. The molecule has 0 aliphatic heterocycles. The zero-order valence-corrected chi connectivity index (χ0v) is 19.9. The van der Waals surface area contributed by atoms with Gasteiger partial charge in [0.15, 0.2) is 11.0 Å². The largest absolute Gasteiger partial charge is 0.345 e. The van der Waals surface area contributed by atoms with Gasteiger partial charge in [-0.15, -0.1) is 16.8 Å². The van der Waals surface area contributed by atoms with Crippen LogP contribution in [0.4, 0.5) is 11.4 Å². The van der Waals surface area contributed by atoms with Gasteiger partial charge < -0.3 is 15.2 Å². The lowest BCUT2D eigenvalue weighted by molar-refractivity contribution is -0.384. The van der Waals surface area contributed by atoms with E-state index in [2.05, 4.69) is 27.4 Å². The molecule has 0 radical (unpaired) electrons. The van der Waals surface area contributed by atoms with Crippen molar-refractivity contribution in [1.29, 1.82) is 0 Å². The van der Waals surface area contributed by atoms with Gasteiger partial charge in [0.25, 0.3) is 11.6 Å². The van der Waals surface area contributed by atoms with Crippen molar-refractivity contribution in [2.75, 3.05) is 11.1 Å². The predicted octanol–water partition coefficient (Wildman–Crippen LogP) is 4.34. The topological polar surface area (TPSA) is 132 Å². The standard InChI is InChI=1S/C21H18Cl2N6O4S/c1-2-8-28-18(11-24-20(31)13-4-3-5-14(22)9-13)26-27-21(28)34-12-19(30)25-17-10-15(29(32)33)6-7-16(17)23/h2-7,9-10H,1,8,11-12H2,(H,24,31)(H,25,30). The van der Waals surface area contributed by atoms with Crippen molar-refractivity contribution < 1.29 is 14.5 Å². The second-order valence-electron chi connectivity index (χ2n) is 6.75. The number of carbonyl (C=O) groups is 2. The number of nitrogens with one attached hydrogen (secondary N) is 2. The second kappa shape index (κ2) is 11.6. The van der Waals surface area contributed by atoms with E-state index in [-0.39, 0.29) is 34.6 Å². The fraction of sp³-hybridized carbons (Fsp3) is 0.143. The lowest BCUT2D eigenvalue weighted by Gasteiger charge is -2.10. The molecule has 3 rings (SSSR count). The summed E-state index contributed by atoms with van der Waals surface area (Å²) < 4.78 is 1.71. The molecular formula is C21H18Cl2N6O4S. The van der Waals surface area contributed by atoms with E-state index in [1.165, 1.54) is 18.2 Å². The highest BCUT2D eigenvalue weighted by molar-refractivity contribution is 7.99. The van der Waals surface area contributed by atoms with Crippen molar-refractivity contribution in [3.05, 3.63) is 86.7 Å². The molecule has 0 saturated carbocycles. The number of hydrogen-bond acceptors (Lipinski definition) is 7. The van der Waals surface area contributed by atoms with Gasteiger partial charge in [-0.25, -0.2) is 0 Å². The highest BCUT2D eigenvalue weighted by Crippen LogP contribution is 2.27. The molecule has 1 heterocycles. The summed E-state index contributed by atoms with van der Waals surface area (Å²) in [5.41, 5.74) is 0.356. The Balaban J connectivity index is 1.63. The van der Waals surface area contributed by atoms with E-state index in [9.17, 15) is 19.7 Å². The summed E-state index contributed by atoms with van der Waals surface area (Å²) >= 11 is 13.1. The van der Waals surface area contributed by atoms with Crippen LogP contribution in [0.2, 0.25) is 10.0 Å². The highest BCUT2D eigenvalue weighted by atomic mass is 35.5. The van der Waals surface area contributed by atoms with Crippen molar-refractivity contribution in [2.45, 2.75) is 18.2 Å². The van der Waals surface area contributed by atoms with Gasteiger partial charge in [-0.2, -0.15) is 0 Å². The number of amides is 2. The molecule has 0 saturated heterocycles. The number of aromatic nitrogens is 3. The summed E-state index contributed by atoms with van der Waals surface area (Å²) in [7, 11) is 0. The number of hydrogen-bond donors (Lipinski definition) is 2. The van der Waals surface area contributed by atoms with Gasteiger partial charge in [0.2, 0.25) is 5.91 Å². The minimum Gasteiger partial charge on any atom is -0.345 e. The number of anilines is 1. The summed E-state index contributed by atoms with van der Waals surface area (Å²) in [6.07, 6.45) is 1.64. The van der Waals surface area contributed by atoms with E-state index < -0.39 is 10.8 Å². The Morgan fingerprint density at radius 2 is 2.00 bits per heavy atom. The summed E-state index contributed by atoms with van der Waals surface area (Å²) in [6.45, 7) is 4.17. The fourth-order valence-corrected chi connectivity index (χ4v) is 3.92. The maximum atomic E-state index is 12.4. The van der Waals surface area contributed by atoms with Gasteiger partial charge in [-0.3, -0.25) is 19.7 Å². The van der Waals surface area contributed by atoms with Gasteiger partial charge in [-0.1, -0.05) is 47.1 Å². The molecule has 0 aliphatic rings. The number of thioether (sulfide) groups is 1. The number of nitrogens with zero attached hydrogens (tertiary/aromatic N) is 4. The van der Waals surface area contributed by atoms with Crippen LogP contribution in [0.1, 0.15) is 16.2 Å². The minimum absolute atomic E-state index is 0.0524. The van der Waals surface area contributed by atoms with E-state index in [1.54, 1.807) is 34.9 Å². The Morgan fingerprint density at radius 1 is 1.21 bits per heavy atom. The molecule has 0 atom stereocenters. The molecule has 0 unspecified atom stereocenters. The first kappa shape index (κ1) is 25.2. The molecule has 0 spiro atoms. The van der Waals surface area contributed by atoms with Gasteiger partial charge in [0.05, 0.1) is 27.9 Å². The van der Waals surface area contributed by atoms with Crippen LogP contribution >= 0.6 is 35.0 Å². The van der Waals surface area contributed by atoms with Crippen molar-refractivity contribution in [2.24, 2.45) is 0 Å². The summed E-state index contributed by atoms with van der Waals surface area (Å²) in [5, 5.41) is 25.5. The van der Waals surface area contributed by atoms with Crippen LogP contribution in [0.3, 0.4) is 0 Å². The number of non-ortho nitro benzene ring substituents is 1. The molecule has 0 aliphatic carbocycles. The average molecular weight is 521 g/mol. The van der Waals surface area contributed by atoms with Gasteiger partial charge >= 0.3 is 0 Å². The Bertz CT molecular complexity index is 1250. The SMILES string of the molecule is C=CCn1c(CNC(=O)c2cccc(Cl)c2)nnc1SCC(=O)Nc1cc([N+](=O)[O-])ccc1Cl. The van der Waals surface area contributed by atoms with E-state index in [0.29, 0.717) is 28.1 Å². The first-order chi connectivity index (χ1) is 16.3. The molecule has 13 heteroatoms. The molecule has 2 aromatic carbocycles. The molecule has 10 nitrogen and oxygen atoms in total. The Morgan fingerprint density at radius 3 is 2.71 bits per heavy atom. The van der Waals surface area contributed by atoms with E-state index in [1.807, 2.05) is 0 Å². The molecule has 34 heavy (non-hydrogen) atoms. The van der Waals surface area contributed by atoms with Crippen molar-refractivity contribution >= 4 is 58.2 Å². The Kier molecular flexibility index (Phi) is 8.63. The maximum absolute atomic E-state index is 12.4. The Labute approximate surface area is 208 Å². The third-order valence-corrected chi connectivity index (χ3v) is 5.90. The van der Waals surface area contributed by atoms with Crippen molar-refractivity contribution in [3.63, 3.8) is 0 Å². The third kappa shape index (κ3) is 6.56. The van der Waals surface area contributed by atoms with E-state index in [0.717, 1.165) is 11.8 Å². The van der Waals surface area contributed by atoms with E-state index >= 15 is 0 Å². The fourth-order valence-electron chi connectivity index (χ4n) is 2.80. The monoisotopic (exact) mass is 520 g/mol. The van der Waals surface area contributed by atoms with E-state index in [4.69, 9.17) is 23.2 Å². The number of benzene rings is 2. The van der Waals surface area contributed by atoms with Crippen LogP contribution in [0.5, 0.6) is 0 Å². The molecule has 176 valence electrons. The first-order valence-corrected chi connectivity index (χ1v) is 11.5. The normalized spacial score (nSPS) is 10.5. The molecule has 2 amide bonds. The van der Waals surface area contributed by atoms with Crippen LogP contribution in [0.15, 0.2) is 60.3 Å². The van der Waals surface area contributed by atoms with Crippen molar-refractivity contribution in [3.8, 4) is 0 Å². The molecule has 1 aromatic heterocycles. The molecular weight excluding hydrogens is 503 g/mol. The lowest BCUT2D eigenvalue weighted by Crippen LogP contribution is -2.24. The van der Waals surface area contributed by atoms with Crippen LogP contribution in [0, 0.1) is 10.1 Å². The van der Waals surface area contributed by atoms with Crippen LogP contribution in [-0.4, -0.2) is 37.3 Å². The van der Waals surface area contributed by atoms with Gasteiger partial charge in [0, 0.05) is 29.3 Å². The molecule has 0 bridgehead atoms. The predicted molar refractivity (Wildman–Crippen MR) is 130 cm³/mol. The summed E-state index contributed by atoms with van der Waals surface area (Å²) in [4.78, 5) is 35.1. The second-order valence-corrected chi connectivity index (χ2v) is 8.54. The molecule has 2 N–H and O–H groups in total. The number of halogens is 2. The third-order valence-electron chi connectivity index (χ3n) is 4.37. The average Bonchev–Trinajstić information content (AvgIpc) is 3.19. The first-order valence-electron chi connectivity index (χ1n) is 9.71. The van der Waals surface area contributed by atoms with Crippen molar-refractivity contribution in [1.82, 2.24) is 20.1 Å². The van der Waals surface area contributed by atoms with Crippen LogP contribution < -0.4 is 10.6 Å². The number of carbonyl (C=O) groups excluding carboxylic acids is 2. The van der Waals surface area contributed by atoms with Crippen LogP contribution in [-0.2, 0) is 17.9 Å². The van der Waals surface area contributed by atoms with Gasteiger partial charge in [0.1, 0.15) is 0 Å². The maximum Gasteiger partial charge on any atom is 0.271 e. The number of nitro benzene ring substituents is 1. The zero-order chi connectivity index (χ0) is 24.7. The minimum atomic E-state index is -0.578. The zero-order valence-electron chi connectivity index (χ0n) is 17.5. The van der Waals surface area contributed by atoms with Gasteiger partial charge in [-0.05, 0) is 24.3 Å².